The molecule has 0 saturated heterocycles. The summed E-state index contributed by atoms with van der Waals surface area (Å²) in [7, 11) is 3.63. The Morgan fingerprint density at radius 3 is 2.26 bits per heavy atom. The summed E-state index contributed by atoms with van der Waals surface area (Å²) in [6, 6.07) is 6.15. The minimum absolute atomic E-state index is 0.237. The molecule has 19 heavy (non-hydrogen) atoms. The molecule has 0 aromatic heterocycles. The number of esters is 1. The van der Waals surface area contributed by atoms with Gasteiger partial charge in [0.05, 0.1) is 12.2 Å². The molecule has 1 N–H and O–H groups in total. The zero-order valence-corrected chi connectivity index (χ0v) is 11.4. The molecule has 0 spiro atoms. The van der Waals surface area contributed by atoms with E-state index in [0.717, 1.165) is 5.56 Å². The molecule has 0 bridgehead atoms. The number of carboxylic acid groups (broad SMARTS) is 1. The summed E-state index contributed by atoms with van der Waals surface area (Å²) < 4.78 is 5.02. The topological polar surface area (TPSA) is 66.8 Å². The standard InChI is InChI=1S/C14H19NO4/c1-4-19-14(18)12(15(2)3)9-10-5-7-11(8-6-10)13(16)17/h5-8,12H,4,9H2,1-3H3,(H,16,17). The van der Waals surface area contributed by atoms with E-state index in [1.807, 2.05) is 14.1 Å². The molecule has 104 valence electrons. The first-order valence-corrected chi connectivity index (χ1v) is 6.11. The molecule has 0 saturated carbocycles. The first-order chi connectivity index (χ1) is 8.95. The summed E-state index contributed by atoms with van der Waals surface area (Å²) in [4.78, 5) is 24.4. The van der Waals surface area contributed by atoms with E-state index in [-0.39, 0.29) is 17.6 Å². The Balaban J connectivity index is 2.79. The monoisotopic (exact) mass is 265 g/mol. The summed E-state index contributed by atoms with van der Waals surface area (Å²) in [5, 5.41) is 8.82. The first-order valence-electron chi connectivity index (χ1n) is 6.11. The van der Waals surface area contributed by atoms with Gasteiger partial charge in [0.1, 0.15) is 6.04 Å². The lowest BCUT2D eigenvalue weighted by atomic mass is 10.0. The molecule has 1 unspecified atom stereocenters. The summed E-state index contributed by atoms with van der Waals surface area (Å²) in [6.45, 7) is 2.12. The molecule has 0 radical (unpaired) electrons. The minimum Gasteiger partial charge on any atom is -0.478 e. The Labute approximate surface area is 112 Å². The van der Waals surface area contributed by atoms with Crippen molar-refractivity contribution in [3.8, 4) is 0 Å². The Hall–Kier alpha value is -1.88. The fourth-order valence-electron chi connectivity index (χ4n) is 1.72. The second-order valence-corrected chi connectivity index (χ2v) is 4.44. The Morgan fingerprint density at radius 1 is 1.26 bits per heavy atom. The summed E-state index contributed by atoms with van der Waals surface area (Å²) >= 11 is 0. The number of carbonyl (C=O) groups excluding carboxylic acids is 1. The maximum atomic E-state index is 11.8. The molecule has 1 rings (SSSR count). The van der Waals surface area contributed by atoms with Crippen LogP contribution in [0.5, 0.6) is 0 Å². The van der Waals surface area contributed by atoms with Crippen molar-refractivity contribution in [2.45, 2.75) is 19.4 Å². The van der Waals surface area contributed by atoms with Crippen LogP contribution >= 0.6 is 0 Å². The van der Waals surface area contributed by atoms with Crippen molar-refractivity contribution in [2.24, 2.45) is 0 Å². The number of hydrogen-bond acceptors (Lipinski definition) is 4. The van der Waals surface area contributed by atoms with Crippen LogP contribution in [0, 0.1) is 0 Å². The molecule has 0 aliphatic carbocycles. The van der Waals surface area contributed by atoms with E-state index in [2.05, 4.69) is 0 Å². The van der Waals surface area contributed by atoms with E-state index in [1.54, 1.807) is 24.0 Å². The van der Waals surface area contributed by atoms with Crippen LogP contribution in [0.2, 0.25) is 0 Å². The smallest absolute Gasteiger partial charge is 0.335 e. The van der Waals surface area contributed by atoms with E-state index in [1.165, 1.54) is 12.1 Å². The van der Waals surface area contributed by atoms with Gasteiger partial charge in [-0.15, -0.1) is 0 Å². The van der Waals surface area contributed by atoms with E-state index in [9.17, 15) is 9.59 Å². The fourth-order valence-corrected chi connectivity index (χ4v) is 1.72. The second-order valence-electron chi connectivity index (χ2n) is 4.44. The van der Waals surface area contributed by atoms with Gasteiger partial charge in [-0.3, -0.25) is 9.69 Å². The molecule has 0 aliphatic rings. The largest absolute Gasteiger partial charge is 0.478 e. The Morgan fingerprint density at radius 2 is 1.84 bits per heavy atom. The molecule has 5 heteroatoms. The number of likely N-dealkylation sites (N-methyl/N-ethyl adjacent to an activating group) is 1. The number of ether oxygens (including phenoxy) is 1. The molecule has 1 aromatic rings. The van der Waals surface area contributed by atoms with Gasteiger partial charge < -0.3 is 9.84 Å². The molecule has 0 aliphatic heterocycles. The first kappa shape index (κ1) is 15.2. The highest BCUT2D eigenvalue weighted by atomic mass is 16.5. The highest BCUT2D eigenvalue weighted by Gasteiger charge is 2.22. The van der Waals surface area contributed by atoms with Crippen LogP contribution in [-0.4, -0.2) is 48.7 Å². The molecular weight excluding hydrogens is 246 g/mol. The van der Waals surface area contributed by atoms with Gasteiger partial charge >= 0.3 is 11.9 Å². The van der Waals surface area contributed by atoms with E-state index >= 15 is 0 Å². The molecule has 5 nitrogen and oxygen atoms in total. The van der Waals surface area contributed by atoms with E-state index in [0.29, 0.717) is 13.0 Å². The van der Waals surface area contributed by atoms with Crippen LogP contribution in [0.25, 0.3) is 0 Å². The Kier molecular flexibility index (Phi) is 5.51. The lowest BCUT2D eigenvalue weighted by molar-refractivity contribution is -0.148. The summed E-state index contributed by atoms with van der Waals surface area (Å²) in [6.07, 6.45) is 0.492. The molecule has 0 heterocycles. The highest BCUT2D eigenvalue weighted by Crippen LogP contribution is 2.10. The zero-order valence-electron chi connectivity index (χ0n) is 11.4. The maximum Gasteiger partial charge on any atom is 0.335 e. The predicted octanol–water partition coefficient (Wildman–Crippen LogP) is 1.42. The van der Waals surface area contributed by atoms with Crippen molar-refractivity contribution in [3.63, 3.8) is 0 Å². The van der Waals surface area contributed by atoms with Crippen molar-refractivity contribution in [1.29, 1.82) is 0 Å². The fraction of sp³-hybridized carbons (Fsp3) is 0.429. The van der Waals surface area contributed by atoms with Crippen LogP contribution in [0.1, 0.15) is 22.8 Å². The van der Waals surface area contributed by atoms with Gasteiger partial charge in [-0.1, -0.05) is 12.1 Å². The van der Waals surface area contributed by atoms with E-state index < -0.39 is 5.97 Å². The quantitative estimate of drug-likeness (QED) is 0.788. The van der Waals surface area contributed by atoms with Crippen molar-refractivity contribution in [1.82, 2.24) is 4.90 Å². The number of aromatic carboxylic acids is 1. The predicted molar refractivity (Wildman–Crippen MR) is 71.2 cm³/mol. The van der Waals surface area contributed by atoms with E-state index in [4.69, 9.17) is 9.84 Å². The maximum absolute atomic E-state index is 11.8. The number of rotatable bonds is 6. The Bertz CT molecular complexity index is 439. The third kappa shape index (κ3) is 4.37. The van der Waals surface area contributed by atoms with Crippen LogP contribution < -0.4 is 0 Å². The van der Waals surface area contributed by atoms with Gasteiger partial charge in [0.25, 0.3) is 0 Å². The molecule has 1 aromatic carbocycles. The van der Waals surface area contributed by atoms with Gasteiger partial charge in [-0.05, 0) is 45.1 Å². The molecular formula is C14H19NO4. The third-order valence-corrected chi connectivity index (χ3v) is 2.81. The average Bonchev–Trinajstić information content (AvgIpc) is 2.36. The third-order valence-electron chi connectivity index (χ3n) is 2.81. The number of nitrogens with zero attached hydrogens (tertiary/aromatic N) is 1. The van der Waals surface area contributed by atoms with Crippen LogP contribution in [0.3, 0.4) is 0 Å². The van der Waals surface area contributed by atoms with Crippen molar-refractivity contribution in [3.05, 3.63) is 35.4 Å². The van der Waals surface area contributed by atoms with Crippen molar-refractivity contribution >= 4 is 11.9 Å². The number of hydrogen-bond donors (Lipinski definition) is 1. The van der Waals surface area contributed by atoms with Gasteiger partial charge in [-0.25, -0.2) is 4.79 Å². The normalized spacial score (nSPS) is 12.2. The lowest BCUT2D eigenvalue weighted by Gasteiger charge is -2.22. The second kappa shape index (κ2) is 6.89. The van der Waals surface area contributed by atoms with Gasteiger partial charge in [-0.2, -0.15) is 0 Å². The van der Waals surface area contributed by atoms with Gasteiger partial charge in [0.2, 0.25) is 0 Å². The van der Waals surface area contributed by atoms with Gasteiger partial charge in [0, 0.05) is 0 Å². The molecule has 0 fully saturated rings. The SMILES string of the molecule is CCOC(=O)C(Cc1ccc(C(=O)O)cc1)N(C)C. The number of benzene rings is 1. The summed E-state index contributed by atoms with van der Waals surface area (Å²) in [5.74, 6) is -1.23. The van der Waals surface area contributed by atoms with Crippen molar-refractivity contribution in [2.75, 3.05) is 20.7 Å². The van der Waals surface area contributed by atoms with Gasteiger partial charge in [0.15, 0.2) is 0 Å². The average molecular weight is 265 g/mol. The minimum atomic E-state index is -0.957. The number of carboxylic acids is 1. The van der Waals surface area contributed by atoms with Crippen LogP contribution in [-0.2, 0) is 16.0 Å². The molecule has 1 atom stereocenters. The molecule has 0 amide bonds. The van der Waals surface area contributed by atoms with Crippen LogP contribution in [0.15, 0.2) is 24.3 Å². The summed E-state index contributed by atoms with van der Waals surface area (Å²) in [5.41, 5.74) is 1.14. The zero-order chi connectivity index (χ0) is 14.4. The lowest BCUT2D eigenvalue weighted by Crippen LogP contribution is -2.38. The van der Waals surface area contributed by atoms with Crippen LogP contribution in [0.4, 0.5) is 0 Å². The number of carbonyl (C=O) groups is 2. The highest BCUT2D eigenvalue weighted by molar-refractivity contribution is 5.87. The van der Waals surface area contributed by atoms with Crippen molar-refractivity contribution < 1.29 is 19.4 Å².